The molecule has 0 radical (unpaired) electrons. The minimum absolute atomic E-state index is 0.0340. The minimum Gasteiger partial charge on any atom is -0.461 e. The van der Waals surface area contributed by atoms with Crippen LogP contribution >= 0.6 is 0 Å². The molecule has 1 saturated heterocycles. The molecule has 1 aromatic carbocycles. The number of carbonyl (C=O) groups is 2. The van der Waals surface area contributed by atoms with E-state index in [1.54, 1.807) is 35.2 Å². The van der Waals surface area contributed by atoms with E-state index >= 15 is 0 Å². The first-order chi connectivity index (χ1) is 12.0. The van der Waals surface area contributed by atoms with E-state index in [1.807, 2.05) is 0 Å². The molecule has 2 N–H and O–H groups in total. The van der Waals surface area contributed by atoms with Crippen LogP contribution in [-0.2, 0) is 16.0 Å². The van der Waals surface area contributed by atoms with Gasteiger partial charge >= 0.3 is 0 Å². The maximum Gasteiger partial charge on any atom is 0.223 e. The molecular formula is C19H21FN2O3. The Labute approximate surface area is 145 Å². The summed E-state index contributed by atoms with van der Waals surface area (Å²) in [5.74, 6) is 0.394. The highest BCUT2D eigenvalue weighted by atomic mass is 19.1. The predicted molar refractivity (Wildman–Crippen MR) is 90.9 cm³/mol. The number of carbonyl (C=O) groups excluding carboxylic acids is 2. The molecule has 6 heteroatoms. The maximum atomic E-state index is 13.8. The molecule has 1 aliphatic heterocycles. The Hall–Kier alpha value is -2.63. The summed E-state index contributed by atoms with van der Waals surface area (Å²) in [6, 6.07) is 9.91. The number of halogens is 1. The van der Waals surface area contributed by atoms with E-state index in [1.165, 1.54) is 6.07 Å². The van der Waals surface area contributed by atoms with Gasteiger partial charge in [-0.05, 0) is 37.1 Å². The van der Waals surface area contributed by atoms with Crippen LogP contribution in [0.4, 0.5) is 4.39 Å². The highest BCUT2D eigenvalue weighted by Gasteiger charge is 2.25. The number of rotatable bonds is 5. The van der Waals surface area contributed by atoms with Crippen molar-refractivity contribution in [3.05, 3.63) is 48.0 Å². The van der Waals surface area contributed by atoms with E-state index in [-0.39, 0.29) is 23.5 Å². The van der Waals surface area contributed by atoms with Crippen LogP contribution in [0.3, 0.4) is 0 Å². The number of piperidine rings is 1. The summed E-state index contributed by atoms with van der Waals surface area (Å²) >= 11 is 0. The number of furan rings is 1. The molecule has 0 spiro atoms. The second-order valence-electron chi connectivity index (χ2n) is 6.30. The van der Waals surface area contributed by atoms with Crippen LogP contribution in [-0.4, -0.2) is 29.8 Å². The number of nitrogens with zero attached hydrogens (tertiary/aromatic N) is 1. The number of aryl methyl sites for hydroxylation is 1. The Morgan fingerprint density at radius 3 is 2.56 bits per heavy atom. The lowest BCUT2D eigenvalue weighted by Crippen LogP contribution is -2.41. The van der Waals surface area contributed by atoms with Gasteiger partial charge in [-0.1, -0.05) is 12.1 Å². The van der Waals surface area contributed by atoms with E-state index in [9.17, 15) is 14.0 Å². The molecule has 0 saturated carbocycles. The van der Waals surface area contributed by atoms with Crippen molar-refractivity contribution < 1.29 is 18.4 Å². The van der Waals surface area contributed by atoms with E-state index in [4.69, 9.17) is 10.2 Å². The van der Waals surface area contributed by atoms with Gasteiger partial charge in [-0.15, -0.1) is 0 Å². The van der Waals surface area contributed by atoms with Crippen molar-refractivity contribution in [2.75, 3.05) is 13.1 Å². The monoisotopic (exact) mass is 344 g/mol. The third kappa shape index (κ3) is 4.07. The first kappa shape index (κ1) is 17.2. The van der Waals surface area contributed by atoms with Crippen LogP contribution in [0, 0.1) is 11.7 Å². The zero-order valence-electron chi connectivity index (χ0n) is 13.9. The maximum absolute atomic E-state index is 13.8. The molecule has 132 valence electrons. The second-order valence-corrected chi connectivity index (χ2v) is 6.30. The van der Waals surface area contributed by atoms with Crippen molar-refractivity contribution in [3.63, 3.8) is 0 Å². The quantitative estimate of drug-likeness (QED) is 0.906. The molecule has 0 bridgehead atoms. The fourth-order valence-electron chi connectivity index (χ4n) is 3.12. The van der Waals surface area contributed by atoms with Crippen LogP contribution in [0.5, 0.6) is 0 Å². The molecular weight excluding hydrogens is 323 g/mol. The second kappa shape index (κ2) is 7.51. The number of nitrogens with two attached hydrogens (primary N) is 1. The Kier molecular flexibility index (Phi) is 5.16. The largest absolute Gasteiger partial charge is 0.461 e. The SMILES string of the molecule is NC(=O)C1CCN(C(=O)CCc2ccc(-c3ccccc3F)o2)CC1. The van der Waals surface area contributed by atoms with Crippen LogP contribution in [0.25, 0.3) is 11.3 Å². The third-order valence-corrected chi connectivity index (χ3v) is 4.64. The number of hydrogen-bond acceptors (Lipinski definition) is 3. The van der Waals surface area contributed by atoms with E-state index in [2.05, 4.69) is 0 Å². The first-order valence-corrected chi connectivity index (χ1v) is 8.45. The van der Waals surface area contributed by atoms with Crippen molar-refractivity contribution in [3.8, 4) is 11.3 Å². The highest BCUT2D eigenvalue weighted by molar-refractivity contribution is 5.79. The summed E-state index contributed by atoms with van der Waals surface area (Å²) in [5, 5.41) is 0. The molecule has 3 rings (SSSR count). The smallest absolute Gasteiger partial charge is 0.223 e. The van der Waals surface area contributed by atoms with Gasteiger partial charge in [0.15, 0.2) is 0 Å². The van der Waals surface area contributed by atoms with E-state index < -0.39 is 0 Å². The fourth-order valence-corrected chi connectivity index (χ4v) is 3.12. The number of amides is 2. The molecule has 2 amide bonds. The van der Waals surface area contributed by atoms with Crippen molar-refractivity contribution >= 4 is 11.8 Å². The van der Waals surface area contributed by atoms with Crippen molar-refractivity contribution in [2.24, 2.45) is 11.7 Å². The average Bonchev–Trinajstić information content (AvgIpc) is 3.09. The normalized spacial score (nSPS) is 15.3. The molecule has 2 aromatic rings. The lowest BCUT2D eigenvalue weighted by molar-refractivity contribution is -0.134. The zero-order chi connectivity index (χ0) is 17.8. The van der Waals surface area contributed by atoms with E-state index in [0.717, 1.165) is 0 Å². The number of likely N-dealkylation sites (tertiary alicyclic amines) is 1. The topological polar surface area (TPSA) is 76.5 Å². The van der Waals surface area contributed by atoms with Gasteiger partial charge in [0.25, 0.3) is 0 Å². The molecule has 25 heavy (non-hydrogen) atoms. The van der Waals surface area contributed by atoms with Gasteiger partial charge in [0.05, 0.1) is 5.56 Å². The highest BCUT2D eigenvalue weighted by Crippen LogP contribution is 2.25. The molecule has 0 aliphatic carbocycles. The number of primary amides is 1. The van der Waals surface area contributed by atoms with Gasteiger partial charge < -0.3 is 15.1 Å². The lowest BCUT2D eigenvalue weighted by Gasteiger charge is -2.30. The number of benzene rings is 1. The summed E-state index contributed by atoms with van der Waals surface area (Å²) in [4.78, 5) is 25.2. The Morgan fingerprint density at radius 2 is 1.88 bits per heavy atom. The van der Waals surface area contributed by atoms with Crippen molar-refractivity contribution in [1.29, 1.82) is 0 Å². The van der Waals surface area contributed by atoms with Crippen LogP contribution in [0.15, 0.2) is 40.8 Å². The van der Waals surface area contributed by atoms with Gasteiger partial charge in [0, 0.05) is 31.8 Å². The molecule has 2 heterocycles. The molecule has 0 atom stereocenters. The van der Waals surface area contributed by atoms with Gasteiger partial charge in [0.1, 0.15) is 17.3 Å². The molecule has 5 nitrogen and oxygen atoms in total. The van der Waals surface area contributed by atoms with Crippen LogP contribution < -0.4 is 5.73 Å². The molecule has 0 unspecified atom stereocenters. The van der Waals surface area contributed by atoms with E-state index in [0.29, 0.717) is 55.9 Å². The van der Waals surface area contributed by atoms with Crippen molar-refractivity contribution in [1.82, 2.24) is 4.90 Å². The third-order valence-electron chi connectivity index (χ3n) is 4.64. The van der Waals surface area contributed by atoms with Gasteiger partial charge in [0.2, 0.25) is 11.8 Å². The minimum atomic E-state index is -0.336. The lowest BCUT2D eigenvalue weighted by atomic mass is 9.96. The zero-order valence-corrected chi connectivity index (χ0v) is 13.9. The van der Waals surface area contributed by atoms with Crippen LogP contribution in [0.2, 0.25) is 0 Å². The average molecular weight is 344 g/mol. The first-order valence-electron chi connectivity index (χ1n) is 8.45. The predicted octanol–water partition coefficient (Wildman–Crippen LogP) is 2.74. The van der Waals surface area contributed by atoms with Gasteiger partial charge in [-0.3, -0.25) is 9.59 Å². The summed E-state index contributed by atoms with van der Waals surface area (Å²) in [6.07, 6.45) is 2.03. The summed E-state index contributed by atoms with van der Waals surface area (Å²) in [7, 11) is 0. The summed E-state index contributed by atoms with van der Waals surface area (Å²) in [5.41, 5.74) is 5.71. The summed E-state index contributed by atoms with van der Waals surface area (Å²) < 4.78 is 19.4. The Morgan fingerprint density at radius 1 is 1.16 bits per heavy atom. The standard InChI is InChI=1S/C19H21FN2O3/c20-16-4-2-1-3-15(16)17-7-5-14(25-17)6-8-18(23)22-11-9-13(10-12-22)19(21)24/h1-5,7,13H,6,8-12H2,(H2,21,24). The molecule has 1 aliphatic rings. The van der Waals surface area contributed by atoms with Gasteiger partial charge in [-0.25, -0.2) is 4.39 Å². The Bertz CT molecular complexity index is 764. The number of hydrogen-bond donors (Lipinski definition) is 1. The molecule has 1 fully saturated rings. The summed E-state index contributed by atoms with van der Waals surface area (Å²) in [6.45, 7) is 1.12. The Balaban J connectivity index is 1.53. The van der Waals surface area contributed by atoms with Gasteiger partial charge in [-0.2, -0.15) is 0 Å². The fraction of sp³-hybridized carbons (Fsp3) is 0.368. The van der Waals surface area contributed by atoms with Crippen LogP contribution in [0.1, 0.15) is 25.0 Å². The van der Waals surface area contributed by atoms with Crippen molar-refractivity contribution in [2.45, 2.75) is 25.7 Å². The molecule has 1 aromatic heterocycles.